The summed E-state index contributed by atoms with van der Waals surface area (Å²) in [5, 5.41) is 11.8. The number of methoxy groups -OCH3 is 3. The first-order chi connectivity index (χ1) is 25.5. The van der Waals surface area contributed by atoms with E-state index in [0.29, 0.717) is 28.1 Å². The number of esters is 2. The van der Waals surface area contributed by atoms with Gasteiger partial charge in [-0.25, -0.2) is 0 Å². The van der Waals surface area contributed by atoms with Gasteiger partial charge in [0.05, 0.1) is 68.5 Å². The molecule has 8 rings (SSSR count). The fraction of sp³-hybridized carbons (Fsp3) is 0.436. The van der Waals surface area contributed by atoms with Crippen LogP contribution in [0.15, 0.2) is 44.4 Å². The minimum Gasteiger partial charge on any atom is -0.507 e. The van der Waals surface area contributed by atoms with Gasteiger partial charge in [0.25, 0.3) is 0 Å². The average molecular weight is 859 g/mol. The minimum atomic E-state index is -0.866. The zero-order valence-electron chi connectivity index (χ0n) is 29.7. The summed E-state index contributed by atoms with van der Waals surface area (Å²) in [6.45, 7) is 4.05. The molecule has 0 radical (unpaired) electrons. The van der Waals surface area contributed by atoms with Gasteiger partial charge in [-0.3, -0.25) is 19.2 Å². The van der Waals surface area contributed by atoms with Gasteiger partial charge in [-0.1, -0.05) is 58.5 Å². The lowest BCUT2D eigenvalue weighted by Gasteiger charge is -2.36. The van der Waals surface area contributed by atoms with Crippen molar-refractivity contribution in [1.82, 2.24) is 0 Å². The van der Waals surface area contributed by atoms with Crippen molar-refractivity contribution in [2.75, 3.05) is 21.3 Å². The molecular formula is C39H38Br2O12. The van der Waals surface area contributed by atoms with E-state index in [1.54, 1.807) is 21.3 Å². The van der Waals surface area contributed by atoms with Crippen LogP contribution in [-0.2, 0) is 28.5 Å². The Morgan fingerprint density at radius 3 is 1.89 bits per heavy atom. The number of phenolic OH excluding ortho intramolecular Hbond substituents is 1. The molecule has 0 bridgehead atoms. The van der Waals surface area contributed by atoms with Gasteiger partial charge >= 0.3 is 11.9 Å². The third-order valence-corrected chi connectivity index (χ3v) is 11.6. The quantitative estimate of drug-likeness (QED) is 0.233. The molecule has 2 fully saturated rings. The molecule has 53 heavy (non-hydrogen) atoms. The van der Waals surface area contributed by atoms with Crippen LogP contribution in [0.25, 0.3) is 10.8 Å². The normalized spacial score (nSPS) is 25.3. The summed E-state index contributed by atoms with van der Waals surface area (Å²) >= 11 is 6.93. The van der Waals surface area contributed by atoms with Crippen molar-refractivity contribution in [3.8, 4) is 23.0 Å². The SMILES string of the molecule is CCC[C@@H]1O[C@@H]2CC(=O)O[C@@H]2C2=C1C(=O)c1c(O)ccc(Br)c1C2=O.CCC[C@@H]1O[C@@H]2CC(=O)O[C@@H]2c2c1c(OC)c1c(OC)ccc(Br)c1c2OC. The van der Waals surface area contributed by atoms with Crippen LogP contribution in [-0.4, -0.2) is 74.4 Å². The molecule has 4 aliphatic heterocycles. The predicted octanol–water partition coefficient (Wildman–Crippen LogP) is 7.57. The van der Waals surface area contributed by atoms with Gasteiger partial charge in [-0.15, -0.1) is 0 Å². The molecule has 14 heteroatoms. The Morgan fingerprint density at radius 1 is 0.679 bits per heavy atom. The first kappa shape index (κ1) is 37.3. The molecule has 280 valence electrons. The standard InChI is InChI=1S/C21H23BrO6.C18H15BrO6/c1-5-6-12-17-18(19-13(27-12)9-14(23)28-19)20(25-3)15-10(22)7-8-11(24-2)16(15)21(17)26-4;1-2-3-9-14-15(18-10(24-9)6-11(21)25-18)16(22)12-7(19)4-5-8(20)13(12)17(14)23/h7-8,12-13,19H,5-6,9H2,1-4H3;4-5,9-10,18,20H,2-3,6H2,1H3/t12-,13+,19-;9-,10+,18-/m00/s1. The van der Waals surface area contributed by atoms with Gasteiger partial charge in [0, 0.05) is 31.0 Å². The van der Waals surface area contributed by atoms with E-state index in [0.717, 1.165) is 45.6 Å². The van der Waals surface area contributed by atoms with E-state index in [2.05, 4.69) is 38.8 Å². The lowest BCUT2D eigenvalue weighted by molar-refractivity contribution is -0.143. The van der Waals surface area contributed by atoms with Crippen molar-refractivity contribution in [1.29, 1.82) is 0 Å². The largest absolute Gasteiger partial charge is 0.507 e. The summed E-state index contributed by atoms with van der Waals surface area (Å²) in [5.74, 6) is 0.212. The number of phenols is 1. The maximum Gasteiger partial charge on any atom is 0.309 e. The molecular weight excluding hydrogens is 820 g/mol. The molecule has 0 amide bonds. The van der Waals surface area contributed by atoms with Gasteiger partial charge in [-0.05, 0) is 37.1 Å². The monoisotopic (exact) mass is 856 g/mol. The van der Waals surface area contributed by atoms with Crippen LogP contribution >= 0.6 is 31.9 Å². The van der Waals surface area contributed by atoms with Crippen molar-refractivity contribution in [2.45, 2.75) is 89.0 Å². The van der Waals surface area contributed by atoms with E-state index < -0.39 is 42.0 Å². The maximum atomic E-state index is 13.2. The van der Waals surface area contributed by atoms with E-state index in [9.17, 15) is 24.3 Å². The number of ketones is 2. The molecule has 2 saturated heterocycles. The van der Waals surface area contributed by atoms with Crippen molar-refractivity contribution < 1.29 is 57.4 Å². The number of fused-ring (bicyclic) bond motifs is 7. The maximum absolute atomic E-state index is 13.2. The van der Waals surface area contributed by atoms with E-state index in [4.69, 9.17) is 33.2 Å². The third-order valence-electron chi connectivity index (χ3n) is 10.3. The number of rotatable bonds is 7. The summed E-state index contributed by atoms with van der Waals surface area (Å²) in [6.07, 6.45) is 0.258. The lowest BCUT2D eigenvalue weighted by atomic mass is 9.76. The zero-order valence-corrected chi connectivity index (χ0v) is 32.9. The predicted molar refractivity (Wildman–Crippen MR) is 197 cm³/mol. The number of ether oxygens (including phenoxy) is 7. The zero-order chi connectivity index (χ0) is 37.9. The molecule has 3 aromatic rings. The van der Waals surface area contributed by atoms with Crippen LogP contribution in [0.1, 0.15) is 96.4 Å². The molecule has 12 nitrogen and oxygen atoms in total. The fourth-order valence-corrected chi connectivity index (χ4v) is 9.18. The van der Waals surface area contributed by atoms with Crippen LogP contribution in [0.3, 0.4) is 0 Å². The second-order valence-electron chi connectivity index (χ2n) is 13.3. The van der Waals surface area contributed by atoms with Crippen LogP contribution in [0, 0.1) is 0 Å². The number of hydrogen-bond donors (Lipinski definition) is 1. The van der Waals surface area contributed by atoms with Gasteiger partial charge in [0.2, 0.25) is 0 Å². The van der Waals surface area contributed by atoms with Crippen molar-refractivity contribution in [3.63, 3.8) is 0 Å². The highest BCUT2D eigenvalue weighted by molar-refractivity contribution is 9.11. The first-order valence-electron chi connectivity index (χ1n) is 17.5. The summed E-state index contributed by atoms with van der Waals surface area (Å²) in [6, 6.07) is 6.69. The fourth-order valence-electron chi connectivity index (χ4n) is 8.16. The van der Waals surface area contributed by atoms with Gasteiger partial charge < -0.3 is 38.3 Å². The second kappa shape index (κ2) is 14.7. The summed E-state index contributed by atoms with van der Waals surface area (Å²) in [5.41, 5.74) is 2.21. The number of hydrogen-bond acceptors (Lipinski definition) is 12. The Hall–Kier alpha value is -3.98. The Bertz CT molecular complexity index is 2090. The molecule has 1 N–H and O–H groups in total. The molecule has 6 atom stereocenters. The molecule has 0 aromatic heterocycles. The molecule has 3 aromatic carbocycles. The highest BCUT2D eigenvalue weighted by Gasteiger charge is 2.53. The second-order valence-corrected chi connectivity index (χ2v) is 15.0. The lowest BCUT2D eigenvalue weighted by Crippen LogP contribution is -2.45. The van der Waals surface area contributed by atoms with Crippen LogP contribution in [0.2, 0.25) is 0 Å². The Labute approximate surface area is 322 Å². The molecule has 4 heterocycles. The number of Topliss-reactive ketones (excluding diaryl/α,β-unsaturated/α-hetero) is 2. The van der Waals surface area contributed by atoms with Crippen molar-refractivity contribution >= 4 is 66.1 Å². The molecule has 0 unspecified atom stereocenters. The Morgan fingerprint density at radius 2 is 1.25 bits per heavy atom. The number of aromatic hydroxyl groups is 1. The van der Waals surface area contributed by atoms with Crippen LogP contribution < -0.4 is 14.2 Å². The summed E-state index contributed by atoms with van der Waals surface area (Å²) in [7, 11) is 4.89. The average Bonchev–Trinajstić information content (AvgIpc) is 3.71. The smallest absolute Gasteiger partial charge is 0.309 e. The van der Waals surface area contributed by atoms with E-state index in [-0.39, 0.29) is 59.0 Å². The summed E-state index contributed by atoms with van der Waals surface area (Å²) < 4.78 is 41.9. The minimum absolute atomic E-state index is 0.0226. The highest BCUT2D eigenvalue weighted by atomic mass is 79.9. The first-order valence-corrected chi connectivity index (χ1v) is 19.1. The van der Waals surface area contributed by atoms with Gasteiger partial charge in [0.15, 0.2) is 23.8 Å². The van der Waals surface area contributed by atoms with Crippen molar-refractivity contribution in [2.24, 2.45) is 0 Å². The number of carbonyl (C=O) groups is 4. The number of halogens is 2. The highest BCUT2D eigenvalue weighted by Crippen LogP contribution is 2.57. The van der Waals surface area contributed by atoms with Gasteiger partial charge in [0.1, 0.15) is 35.2 Å². The van der Waals surface area contributed by atoms with Crippen molar-refractivity contribution in [3.05, 3.63) is 66.6 Å². The Kier molecular flexibility index (Phi) is 10.3. The van der Waals surface area contributed by atoms with Crippen LogP contribution in [0.5, 0.6) is 23.0 Å². The molecule has 1 aliphatic carbocycles. The number of carbonyl (C=O) groups excluding carboxylic acids is 4. The third kappa shape index (κ3) is 6.02. The topological polar surface area (TPSA) is 153 Å². The van der Waals surface area contributed by atoms with E-state index in [1.165, 1.54) is 12.1 Å². The van der Waals surface area contributed by atoms with E-state index in [1.807, 2.05) is 19.1 Å². The molecule has 0 saturated carbocycles. The summed E-state index contributed by atoms with van der Waals surface area (Å²) in [4.78, 5) is 50.1. The molecule has 0 spiro atoms. The molecule has 5 aliphatic rings. The van der Waals surface area contributed by atoms with Gasteiger partial charge in [-0.2, -0.15) is 0 Å². The van der Waals surface area contributed by atoms with E-state index >= 15 is 0 Å². The number of benzene rings is 3. The Balaban J connectivity index is 0.000000165. The van der Waals surface area contributed by atoms with Crippen LogP contribution in [0.4, 0.5) is 0 Å².